The van der Waals surface area contributed by atoms with Gasteiger partial charge in [0.05, 0.1) is 6.61 Å². The zero-order valence-corrected chi connectivity index (χ0v) is 10.2. The van der Waals surface area contributed by atoms with Gasteiger partial charge in [-0.1, -0.05) is 37.3 Å². The Morgan fingerprint density at radius 1 is 1.25 bits per heavy atom. The van der Waals surface area contributed by atoms with Crippen LogP contribution in [0.4, 0.5) is 0 Å². The van der Waals surface area contributed by atoms with Crippen LogP contribution >= 0.6 is 0 Å². The van der Waals surface area contributed by atoms with E-state index >= 15 is 0 Å². The Labute approximate surface area is 98.3 Å². The Bertz CT molecular complexity index is 320. The van der Waals surface area contributed by atoms with Gasteiger partial charge in [0.2, 0.25) is 0 Å². The third-order valence-electron chi connectivity index (χ3n) is 2.21. The summed E-state index contributed by atoms with van der Waals surface area (Å²) in [6, 6.07) is 8.10. The molecule has 0 aliphatic rings. The molecule has 2 heteroatoms. The second-order valence-electron chi connectivity index (χ2n) is 3.58. The van der Waals surface area contributed by atoms with Crippen LogP contribution in [0.2, 0.25) is 0 Å². The fraction of sp³-hybridized carbons (Fsp3) is 0.429. The Hall–Kier alpha value is -1.28. The molecule has 0 bridgehead atoms. The van der Waals surface area contributed by atoms with Gasteiger partial charge in [-0.3, -0.25) is 0 Å². The lowest BCUT2D eigenvalue weighted by molar-refractivity contribution is 0.339. The molecule has 1 aromatic rings. The average molecular weight is 219 g/mol. The first-order valence-corrected chi connectivity index (χ1v) is 5.97. The van der Waals surface area contributed by atoms with Crippen molar-refractivity contribution >= 4 is 6.08 Å². The van der Waals surface area contributed by atoms with Gasteiger partial charge in [0.15, 0.2) is 0 Å². The molecule has 0 aliphatic carbocycles. The zero-order valence-electron chi connectivity index (χ0n) is 10.2. The fourth-order valence-electron chi connectivity index (χ4n) is 1.45. The summed E-state index contributed by atoms with van der Waals surface area (Å²) in [5.74, 6) is 0.955. The van der Waals surface area contributed by atoms with E-state index in [1.54, 1.807) is 0 Å². The molecule has 0 aromatic heterocycles. The van der Waals surface area contributed by atoms with Gasteiger partial charge in [-0.2, -0.15) is 0 Å². The van der Waals surface area contributed by atoms with Crippen molar-refractivity contribution in [2.45, 2.75) is 20.3 Å². The second-order valence-corrected chi connectivity index (χ2v) is 3.58. The van der Waals surface area contributed by atoms with Crippen LogP contribution in [0.3, 0.4) is 0 Å². The summed E-state index contributed by atoms with van der Waals surface area (Å²) in [5, 5.41) is 3.33. The minimum Gasteiger partial charge on any atom is -0.493 e. The van der Waals surface area contributed by atoms with Crippen molar-refractivity contribution < 1.29 is 4.74 Å². The molecule has 0 unspecified atom stereocenters. The van der Waals surface area contributed by atoms with Crippen LogP contribution in [0, 0.1) is 0 Å². The molecule has 0 aliphatic heterocycles. The molecule has 0 amide bonds. The van der Waals surface area contributed by atoms with Crippen LogP contribution in [-0.2, 0) is 0 Å². The highest BCUT2D eigenvalue weighted by molar-refractivity contribution is 5.57. The predicted molar refractivity (Wildman–Crippen MR) is 69.8 cm³/mol. The van der Waals surface area contributed by atoms with E-state index < -0.39 is 0 Å². The van der Waals surface area contributed by atoms with Crippen molar-refractivity contribution in [2.75, 3.05) is 19.7 Å². The van der Waals surface area contributed by atoms with Crippen molar-refractivity contribution in [2.24, 2.45) is 0 Å². The summed E-state index contributed by atoms with van der Waals surface area (Å²) in [5.41, 5.74) is 1.14. The summed E-state index contributed by atoms with van der Waals surface area (Å²) >= 11 is 0. The van der Waals surface area contributed by atoms with Crippen LogP contribution in [0.15, 0.2) is 30.3 Å². The molecule has 2 nitrogen and oxygen atoms in total. The summed E-state index contributed by atoms with van der Waals surface area (Å²) in [7, 11) is 0. The molecule has 1 aromatic carbocycles. The molecule has 0 heterocycles. The lowest BCUT2D eigenvalue weighted by Crippen LogP contribution is -2.13. The van der Waals surface area contributed by atoms with E-state index in [9.17, 15) is 0 Å². The minimum atomic E-state index is 0.707. The van der Waals surface area contributed by atoms with Crippen LogP contribution < -0.4 is 10.1 Å². The SMILES string of the molecule is CCCNCC=Cc1ccccc1OCC. The summed E-state index contributed by atoms with van der Waals surface area (Å²) < 4.78 is 5.54. The summed E-state index contributed by atoms with van der Waals surface area (Å²) in [6.45, 7) is 6.86. The van der Waals surface area contributed by atoms with Gasteiger partial charge in [0.1, 0.15) is 5.75 Å². The van der Waals surface area contributed by atoms with E-state index in [4.69, 9.17) is 4.74 Å². The van der Waals surface area contributed by atoms with E-state index in [-0.39, 0.29) is 0 Å². The first-order chi connectivity index (χ1) is 7.88. The van der Waals surface area contributed by atoms with Crippen LogP contribution in [-0.4, -0.2) is 19.7 Å². The van der Waals surface area contributed by atoms with Crippen molar-refractivity contribution in [3.63, 3.8) is 0 Å². The van der Waals surface area contributed by atoms with Gasteiger partial charge < -0.3 is 10.1 Å². The highest BCUT2D eigenvalue weighted by Crippen LogP contribution is 2.18. The largest absolute Gasteiger partial charge is 0.493 e. The number of hydrogen-bond donors (Lipinski definition) is 1. The lowest BCUT2D eigenvalue weighted by Gasteiger charge is -2.06. The lowest BCUT2D eigenvalue weighted by atomic mass is 10.2. The third kappa shape index (κ3) is 4.49. The van der Waals surface area contributed by atoms with E-state index in [2.05, 4.69) is 30.5 Å². The highest BCUT2D eigenvalue weighted by Gasteiger charge is 1.96. The maximum Gasteiger partial charge on any atom is 0.126 e. The zero-order chi connectivity index (χ0) is 11.6. The highest BCUT2D eigenvalue weighted by atomic mass is 16.5. The van der Waals surface area contributed by atoms with E-state index in [1.165, 1.54) is 6.42 Å². The van der Waals surface area contributed by atoms with Crippen LogP contribution in [0.5, 0.6) is 5.75 Å². The maximum absolute atomic E-state index is 5.54. The van der Waals surface area contributed by atoms with Gasteiger partial charge in [-0.05, 0) is 26.0 Å². The van der Waals surface area contributed by atoms with Crippen molar-refractivity contribution in [3.8, 4) is 5.75 Å². The molecule has 0 atom stereocenters. The molecule has 1 rings (SSSR count). The van der Waals surface area contributed by atoms with Gasteiger partial charge in [0, 0.05) is 12.1 Å². The van der Waals surface area contributed by atoms with Crippen LogP contribution in [0.25, 0.3) is 6.08 Å². The van der Waals surface area contributed by atoms with Gasteiger partial charge in [0.25, 0.3) is 0 Å². The first-order valence-electron chi connectivity index (χ1n) is 5.97. The smallest absolute Gasteiger partial charge is 0.126 e. The second kappa shape index (κ2) is 7.94. The van der Waals surface area contributed by atoms with Crippen molar-refractivity contribution in [3.05, 3.63) is 35.9 Å². The van der Waals surface area contributed by atoms with Crippen molar-refractivity contribution in [1.82, 2.24) is 5.32 Å². The van der Waals surface area contributed by atoms with E-state index in [0.717, 1.165) is 24.4 Å². The number of hydrogen-bond acceptors (Lipinski definition) is 2. The van der Waals surface area contributed by atoms with Gasteiger partial charge in [-0.15, -0.1) is 0 Å². The number of para-hydroxylation sites is 1. The number of rotatable bonds is 7. The number of benzene rings is 1. The molecular weight excluding hydrogens is 198 g/mol. The molecule has 1 N–H and O–H groups in total. The molecule has 88 valence electrons. The van der Waals surface area contributed by atoms with E-state index in [0.29, 0.717) is 6.61 Å². The normalized spacial score (nSPS) is 10.9. The Balaban J connectivity index is 2.51. The summed E-state index contributed by atoms with van der Waals surface area (Å²) in [4.78, 5) is 0. The van der Waals surface area contributed by atoms with Gasteiger partial charge in [-0.25, -0.2) is 0 Å². The predicted octanol–water partition coefficient (Wildman–Crippen LogP) is 3.10. The fourth-order valence-corrected chi connectivity index (χ4v) is 1.45. The Morgan fingerprint density at radius 2 is 2.06 bits per heavy atom. The minimum absolute atomic E-state index is 0.707. The summed E-state index contributed by atoms with van der Waals surface area (Å²) in [6.07, 6.45) is 5.41. The Morgan fingerprint density at radius 3 is 2.81 bits per heavy atom. The third-order valence-corrected chi connectivity index (χ3v) is 2.21. The van der Waals surface area contributed by atoms with Gasteiger partial charge >= 0.3 is 0 Å². The van der Waals surface area contributed by atoms with E-state index in [1.807, 2.05) is 25.1 Å². The monoisotopic (exact) mass is 219 g/mol. The quantitative estimate of drug-likeness (QED) is 0.711. The van der Waals surface area contributed by atoms with Crippen molar-refractivity contribution in [1.29, 1.82) is 0 Å². The topological polar surface area (TPSA) is 21.3 Å². The molecule has 0 saturated heterocycles. The number of ether oxygens (including phenoxy) is 1. The molecule has 0 spiro atoms. The maximum atomic E-state index is 5.54. The molecule has 0 saturated carbocycles. The average Bonchev–Trinajstić information content (AvgIpc) is 2.31. The molecular formula is C14H21NO. The molecule has 16 heavy (non-hydrogen) atoms. The Kier molecular flexibility index (Phi) is 6.35. The molecule has 0 fully saturated rings. The first kappa shape index (κ1) is 12.8. The molecule has 0 radical (unpaired) electrons. The number of nitrogens with one attached hydrogen (secondary N) is 1. The van der Waals surface area contributed by atoms with Crippen LogP contribution in [0.1, 0.15) is 25.8 Å². The standard InChI is InChI=1S/C14H21NO/c1-3-11-15-12-7-9-13-8-5-6-10-14(13)16-4-2/h5-10,15H,3-4,11-12H2,1-2H3.